The largest absolute Gasteiger partial charge is 0.472 e. The van der Waals surface area contributed by atoms with Gasteiger partial charge in [-0.2, -0.15) is 0 Å². The number of carbonyl (C=O) groups is 4. The first-order chi connectivity index (χ1) is 44.6. The Kier molecular flexibility index (Phi) is 64.9. The molecule has 0 saturated heterocycles. The molecule has 6 atom stereocenters. The monoisotopic (exact) mass is 1350 g/mol. The predicted octanol–water partition coefficient (Wildman–Crippen LogP) is 21.3. The predicted molar refractivity (Wildman–Crippen MR) is 372 cm³/mol. The molecule has 0 radical (unpaired) electrons. The number of aliphatic hydroxyl groups excluding tert-OH is 1. The summed E-state index contributed by atoms with van der Waals surface area (Å²) in [6.45, 7) is 7.31. The molecule has 546 valence electrons. The van der Waals surface area contributed by atoms with Crippen LogP contribution in [0.5, 0.6) is 0 Å². The second-order valence-electron chi connectivity index (χ2n) is 26.6. The van der Waals surface area contributed by atoms with E-state index in [9.17, 15) is 43.2 Å². The maximum atomic E-state index is 13.1. The Bertz CT molecular complexity index is 1770. The van der Waals surface area contributed by atoms with Crippen LogP contribution in [0.15, 0.2) is 0 Å². The molecule has 0 spiro atoms. The van der Waals surface area contributed by atoms with Crippen LogP contribution < -0.4 is 0 Å². The van der Waals surface area contributed by atoms with Crippen molar-refractivity contribution in [2.75, 3.05) is 39.6 Å². The number of hydrogen-bond donors (Lipinski definition) is 3. The van der Waals surface area contributed by atoms with E-state index in [0.717, 1.165) is 95.8 Å². The van der Waals surface area contributed by atoms with Crippen LogP contribution in [0, 0.1) is 5.92 Å². The molecule has 0 aliphatic carbocycles. The molecule has 3 N–H and O–H groups in total. The Morgan fingerprint density at radius 3 is 0.772 bits per heavy atom. The summed E-state index contributed by atoms with van der Waals surface area (Å²) in [7, 11) is -9.90. The minimum Gasteiger partial charge on any atom is -0.462 e. The van der Waals surface area contributed by atoms with Crippen molar-refractivity contribution in [2.24, 2.45) is 5.92 Å². The summed E-state index contributed by atoms with van der Waals surface area (Å²) in [5, 5.41) is 10.6. The quantitative estimate of drug-likeness (QED) is 0.0222. The molecule has 0 aromatic carbocycles. The van der Waals surface area contributed by atoms with Gasteiger partial charge in [0, 0.05) is 25.7 Å². The van der Waals surface area contributed by atoms with E-state index in [4.69, 9.17) is 37.0 Å². The normalized spacial score (nSPS) is 14.3. The number of ether oxygens (including phenoxy) is 4. The van der Waals surface area contributed by atoms with Crippen molar-refractivity contribution in [1.29, 1.82) is 0 Å². The minimum absolute atomic E-state index is 0.107. The molecule has 0 heterocycles. The number of hydrogen-bond acceptors (Lipinski definition) is 15. The fourth-order valence-electron chi connectivity index (χ4n) is 11.1. The summed E-state index contributed by atoms with van der Waals surface area (Å²) < 4.78 is 68.4. The lowest BCUT2D eigenvalue weighted by Gasteiger charge is -2.21. The number of phosphoric acid groups is 2. The summed E-state index contributed by atoms with van der Waals surface area (Å²) in [4.78, 5) is 72.6. The number of phosphoric ester groups is 2. The summed E-state index contributed by atoms with van der Waals surface area (Å²) >= 11 is 0. The second kappa shape index (κ2) is 66.3. The van der Waals surface area contributed by atoms with Crippen LogP contribution in [0.2, 0.25) is 0 Å². The molecular weight excluding hydrogens is 1210 g/mol. The third kappa shape index (κ3) is 65.4. The smallest absolute Gasteiger partial charge is 0.462 e. The third-order valence-corrected chi connectivity index (χ3v) is 19.3. The van der Waals surface area contributed by atoms with E-state index in [0.29, 0.717) is 25.7 Å². The molecule has 0 bridgehead atoms. The average molecular weight is 1350 g/mol. The van der Waals surface area contributed by atoms with Gasteiger partial charge in [0.1, 0.15) is 19.3 Å². The van der Waals surface area contributed by atoms with Crippen molar-refractivity contribution in [3.63, 3.8) is 0 Å². The van der Waals surface area contributed by atoms with Crippen LogP contribution in [-0.2, 0) is 65.4 Å². The summed E-state index contributed by atoms with van der Waals surface area (Å²) in [5.74, 6) is -1.27. The maximum absolute atomic E-state index is 13.1. The van der Waals surface area contributed by atoms with Gasteiger partial charge in [-0.25, -0.2) is 9.13 Å². The number of unbranched alkanes of at least 4 members (excludes halogenated alkanes) is 44. The van der Waals surface area contributed by atoms with Gasteiger partial charge >= 0.3 is 39.5 Å². The van der Waals surface area contributed by atoms with Crippen molar-refractivity contribution >= 4 is 39.5 Å². The highest BCUT2D eigenvalue weighted by molar-refractivity contribution is 7.47. The van der Waals surface area contributed by atoms with Crippen molar-refractivity contribution in [2.45, 2.75) is 400 Å². The second-order valence-corrected chi connectivity index (χ2v) is 29.5. The summed E-state index contributed by atoms with van der Waals surface area (Å²) in [6.07, 6.45) is 53.9. The lowest BCUT2D eigenvalue weighted by atomic mass is 9.99. The van der Waals surface area contributed by atoms with E-state index >= 15 is 0 Å². The zero-order valence-electron chi connectivity index (χ0n) is 59.7. The van der Waals surface area contributed by atoms with Gasteiger partial charge in [-0.1, -0.05) is 330 Å². The molecule has 0 aliphatic heterocycles. The molecule has 17 nitrogen and oxygen atoms in total. The van der Waals surface area contributed by atoms with E-state index in [-0.39, 0.29) is 25.7 Å². The Labute approximate surface area is 562 Å². The van der Waals surface area contributed by atoms with Crippen LogP contribution in [-0.4, -0.2) is 96.7 Å². The molecule has 0 amide bonds. The van der Waals surface area contributed by atoms with Gasteiger partial charge in [0.25, 0.3) is 0 Å². The highest BCUT2D eigenvalue weighted by atomic mass is 31.2. The molecule has 0 fully saturated rings. The van der Waals surface area contributed by atoms with Crippen molar-refractivity contribution in [3.05, 3.63) is 0 Å². The molecule has 19 heteroatoms. The molecule has 0 aromatic rings. The lowest BCUT2D eigenvalue weighted by molar-refractivity contribution is -0.161. The topological polar surface area (TPSA) is 237 Å². The highest BCUT2D eigenvalue weighted by Gasteiger charge is 2.30. The zero-order valence-corrected chi connectivity index (χ0v) is 61.5. The first-order valence-corrected chi connectivity index (χ1v) is 41.2. The number of esters is 4. The van der Waals surface area contributed by atoms with E-state index in [1.807, 2.05) is 0 Å². The first kappa shape index (κ1) is 90.1. The summed E-state index contributed by atoms with van der Waals surface area (Å²) in [5.41, 5.74) is 0. The zero-order chi connectivity index (χ0) is 67.7. The molecular formula is C73H142O17P2. The molecule has 0 rings (SSSR count). The van der Waals surface area contributed by atoms with Gasteiger partial charge in [0.2, 0.25) is 0 Å². The van der Waals surface area contributed by atoms with E-state index in [1.54, 1.807) is 0 Å². The van der Waals surface area contributed by atoms with E-state index in [2.05, 4.69) is 34.6 Å². The lowest BCUT2D eigenvalue weighted by Crippen LogP contribution is -2.30. The fraction of sp³-hybridized carbons (Fsp3) is 0.945. The number of aliphatic hydroxyl groups is 1. The van der Waals surface area contributed by atoms with Crippen LogP contribution in [0.4, 0.5) is 0 Å². The van der Waals surface area contributed by atoms with Crippen LogP contribution in [0.25, 0.3) is 0 Å². The molecule has 0 saturated carbocycles. The van der Waals surface area contributed by atoms with Crippen LogP contribution in [0.3, 0.4) is 0 Å². The molecule has 0 aromatic heterocycles. The third-order valence-electron chi connectivity index (χ3n) is 17.4. The number of carbonyl (C=O) groups excluding carboxylic acids is 4. The Morgan fingerprint density at radius 2 is 0.522 bits per heavy atom. The molecule has 0 aliphatic rings. The van der Waals surface area contributed by atoms with Gasteiger partial charge in [-0.15, -0.1) is 0 Å². The van der Waals surface area contributed by atoms with E-state index < -0.39 is 97.5 Å². The first-order valence-electron chi connectivity index (χ1n) is 38.2. The van der Waals surface area contributed by atoms with Gasteiger partial charge in [-0.05, 0) is 31.6 Å². The van der Waals surface area contributed by atoms with Gasteiger partial charge < -0.3 is 33.8 Å². The molecule has 3 unspecified atom stereocenters. The standard InChI is InChI=1S/C73H142O17P2/c1-6-10-13-16-19-22-25-26-30-33-38-42-47-52-57-71(76)84-63-69(90-73(78)59-54-49-44-39-34-31-28-27-29-32-35-40-45-50-55-66(5)9-4)65-88-92(81,82)86-61-67(74)60-85-91(79,80)87-64-68(89-72(77)58-53-48-43-37-24-21-18-15-12-8-3)62-83-70(75)56-51-46-41-36-23-20-17-14-11-7-2/h66-69,74H,6-65H2,1-5H3,(H,79,80)(H,81,82)/t66?,67-,68+,69+/m0/s1. The van der Waals surface area contributed by atoms with Crippen LogP contribution >= 0.6 is 15.6 Å². The minimum atomic E-state index is -4.95. The average Bonchev–Trinajstić information content (AvgIpc) is 1.70. The Morgan fingerprint density at radius 1 is 0.304 bits per heavy atom. The summed E-state index contributed by atoms with van der Waals surface area (Å²) in [6, 6.07) is 0. The Balaban J connectivity index is 5.22. The van der Waals surface area contributed by atoms with Gasteiger partial charge in [0.15, 0.2) is 12.2 Å². The van der Waals surface area contributed by atoms with Gasteiger partial charge in [-0.3, -0.25) is 37.3 Å². The van der Waals surface area contributed by atoms with Gasteiger partial charge in [0.05, 0.1) is 26.4 Å². The van der Waals surface area contributed by atoms with Crippen molar-refractivity contribution in [1.82, 2.24) is 0 Å². The Hall–Kier alpha value is -1.94. The SMILES string of the molecule is CCCCCCCCCCCCCCCCC(=O)OC[C@H](COP(=O)(O)OC[C@@H](O)COP(=O)(O)OC[C@@H](COC(=O)CCCCCCCCCCCC)OC(=O)CCCCCCCCCCCC)OC(=O)CCCCCCCCCCCCCCCCC(C)CC. The number of rotatable bonds is 73. The highest BCUT2D eigenvalue weighted by Crippen LogP contribution is 2.45. The van der Waals surface area contributed by atoms with Crippen molar-refractivity contribution < 1.29 is 80.2 Å². The van der Waals surface area contributed by atoms with E-state index in [1.165, 1.54) is 205 Å². The fourth-order valence-corrected chi connectivity index (χ4v) is 12.7. The van der Waals surface area contributed by atoms with Crippen molar-refractivity contribution in [3.8, 4) is 0 Å². The maximum Gasteiger partial charge on any atom is 0.472 e. The van der Waals surface area contributed by atoms with Crippen LogP contribution in [0.1, 0.15) is 381 Å². The molecule has 92 heavy (non-hydrogen) atoms.